The Morgan fingerprint density at radius 3 is 1.83 bits per heavy atom. The molecular formula is C44H51N3O. The van der Waals surface area contributed by atoms with Gasteiger partial charge in [0.15, 0.2) is 0 Å². The molecule has 0 bridgehead atoms. The Labute approximate surface area is 286 Å². The quantitative estimate of drug-likeness (QED) is 0.210. The predicted molar refractivity (Wildman–Crippen MR) is 204 cm³/mol. The molecule has 3 aromatic heterocycles. The third-order valence-corrected chi connectivity index (χ3v) is 9.54. The van der Waals surface area contributed by atoms with Gasteiger partial charge in [0.25, 0.3) is 0 Å². The number of pyridine rings is 2. The average Bonchev–Trinajstić information content (AvgIpc) is 3.32. The Balaban J connectivity index is 1.72. The summed E-state index contributed by atoms with van der Waals surface area (Å²) < 4.78 is 2.30. The number of benzene rings is 3. The molecule has 0 spiro atoms. The standard InChI is InChI=1S/C44H51N3O/c1-41(2,3)28-16-19-38-33(24-28)32-17-18-37(34-25-30(43(7,8)9)26-35(39(34)48)44(10,11)12)46-40(32)47(38)31-22-27(36-15-13-14-20-45-36)21-29(23-31)42(4,5)6/h13-26,48H,1-12H3. The van der Waals surface area contributed by atoms with Crippen LogP contribution in [-0.2, 0) is 21.7 Å². The molecule has 0 radical (unpaired) electrons. The fraction of sp³-hybridized carbons (Fsp3) is 0.364. The lowest BCUT2D eigenvalue weighted by atomic mass is 9.78. The number of phenolic OH excluding ortho intramolecular Hbond substituents is 1. The van der Waals surface area contributed by atoms with Crippen LogP contribution >= 0.6 is 0 Å². The monoisotopic (exact) mass is 637 g/mol. The average molecular weight is 638 g/mol. The molecule has 0 aliphatic carbocycles. The van der Waals surface area contributed by atoms with E-state index in [9.17, 15) is 5.11 Å². The number of aromatic nitrogens is 3. The van der Waals surface area contributed by atoms with Gasteiger partial charge in [0.05, 0.1) is 16.9 Å². The summed E-state index contributed by atoms with van der Waals surface area (Å²) >= 11 is 0. The summed E-state index contributed by atoms with van der Waals surface area (Å²) in [6.07, 6.45) is 1.85. The first kappa shape index (κ1) is 33.5. The van der Waals surface area contributed by atoms with Gasteiger partial charge in [-0.1, -0.05) is 101 Å². The molecule has 48 heavy (non-hydrogen) atoms. The summed E-state index contributed by atoms with van der Waals surface area (Å²) in [5, 5.41) is 14.1. The van der Waals surface area contributed by atoms with Crippen LogP contribution in [-0.4, -0.2) is 19.6 Å². The maximum absolute atomic E-state index is 11.8. The van der Waals surface area contributed by atoms with Crippen molar-refractivity contribution in [1.82, 2.24) is 14.5 Å². The summed E-state index contributed by atoms with van der Waals surface area (Å²) in [6, 6.07) is 28.3. The molecule has 0 amide bonds. The zero-order chi connectivity index (χ0) is 35.0. The molecule has 3 aromatic carbocycles. The minimum atomic E-state index is -0.238. The molecule has 0 saturated carbocycles. The first-order chi connectivity index (χ1) is 22.2. The second kappa shape index (κ2) is 11.3. The van der Waals surface area contributed by atoms with E-state index in [1.807, 2.05) is 18.3 Å². The third kappa shape index (κ3) is 6.14. The van der Waals surface area contributed by atoms with Crippen LogP contribution in [0.15, 0.2) is 85.1 Å². The van der Waals surface area contributed by atoms with Crippen LogP contribution in [0, 0.1) is 0 Å². The fourth-order valence-corrected chi connectivity index (χ4v) is 6.46. The Morgan fingerprint density at radius 1 is 0.562 bits per heavy atom. The number of aromatic hydroxyl groups is 1. The minimum absolute atomic E-state index is 0.00315. The Morgan fingerprint density at radius 2 is 1.23 bits per heavy atom. The van der Waals surface area contributed by atoms with E-state index in [4.69, 9.17) is 9.97 Å². The van der Waals surface area contributed by atoms with E-state index in [1.54, 1.807) is 0 Å². The van der Waals surface area contributed by atoms with Crippen molar-refractivity contribution in [1.29, 1.82) is 0 Å². The van der Waals surface area contributed by atoms with Crippen molar-refractivity contribution in [3.05, 3.63) is 107 Å². The predicted octanol–water partition coefficient (Wildman–Crippen LogP) is 11.8. The van der Waals surface area contributed by atoms with Crippen LogP contribution in [0.4, 0.5) is 0 Å². The van der Waals surface area contributed by atoms with E-state index in [-0.39, 0.29) is 21.7 Å². The Hall–Kier alpha value is -4.44. The lowest BCUT2D eigenvalue weighted by molar-refractivity contribution is 0.446. The fourth-order valence-electron chi connectivity index (χ4n) is 6.46. The molecule has 0 aliphatic rings. The number of nitrogens with zero attached hydrogens (tertiary/aromatic N) is 3. The number of hydrogen-bond donors (Lipinski definition) is 1. The highest BCUT2D eigenvalue weighted by atomic mass is 16.3. The van der Waals surface area contributed by atoms with Gasteiger partial charge in [-0.2, -0.15) is 0 Å². The van der Waals surface area contributed by atoms with Crippen LogP contribution in [0.3, 0.4) is 0 Å². The first-order valence-electron chi connectivity index (χ1n) is 17.1. The van der Waals surface area contributed by atoms with Crippen molar-refractivity contribution in [2.45, 2.75) is 105 Å². The summed E-state index contributed by atoms with van der Waals surface area (Å²) in [7, 11) is 0. The maximum atomic E-state index is 11.8. The minimum Gasteiger partial charge on any atom is -0.507 e. The van der Waals surface area contributed by atoms with Crippen LogP contribution in [0.2, 0.25) is 0 Å². The van der Waals surface area contributed by atoms with Crippen LogP contribution < -0.4 is 0 Å². The Bertz CT molecular complexity index is 2160. The molecule has 248 valence electrons. The molecule has 4 heteroatoms. The van der Waals surface area contributed by atoms with Crippen molar-refractivity contribution in [2.75, 3.05) is 0 Å². The van der Waals surface area contributed by atoms with Gasteiger partial charge < -0.3 is 5.11 Å². The summed E-state index contributed by atoms with van der Waals surface area (Å²) in [5.74, 6) is 0.298. The molecule has 4 nitrogen and oxygen atoms in total. The van der Waals surface area contributed by atoms with Crippen molar-refractivity contribution in [3.63, 3.8) is 0 Å². The number of fused-ring (bicyclic) bond motifs is 3. The zero-order valence-electron chi connectivity index (χ0n) is 30.9. The Kier molecular flexibility index (Phi) is 7.90. The van der Waals surface area contributed by atoms with Crippen LogP contribution in [0.1, 0.15) is 105 Å². The molecule has 3 heterocycles. The normalized spacial score (nSPS) is 13.1. The number of rotatable bonds is 3. The van der Waals surface area contributed by atoms with E-state index in [1.165, 1.54) is 22.1 Å². The SMILES string of the molecule is CC(C)(C)c1cc(-c2ccccn2)cc(-n2c3ccc(C(C)(C)C)cc3c3ccc(-c4cc(C(C)(C)C)cc(C(C)(C)C)c4O)nc32)c1. The summed E-state index contributed by atoms with van der Waals surface area (Å²) in [6.45, 7) is 26.7. The van der Waals surface area contributed by atoms with Gasteiger partial charge in [-0.25, -0.2) is 4.98 Å². The summed E-state index contributed by atoms with van der Waals surface area (Å²) in [5.41, 5.74) is 10.7. The van der Waals surface area contributed by atoms with Gasteiger partial charge >= 0.3 is 0 Å². The van der Waals surface area contributed by atoms with Gasteiger partial charge in [0.1, 0.15) is 11.4 Å². The third-order valence-electron chi connectivity index (χ3n) is 9.54. The van der Waals surface area contributed by atoms with E-state index >= 15 is 0 Å². The van der Waals surface area contributed by atoms with Crippen molar-refractivity contribution in [2.24, 2.45) is 0 Å². The van der Waals surface area contributed by atoms with Gasteiger partial charge in [0.2, 0.25) is 0 Å². The maximum Gasteiger partial charge on any atom is 0.146 e. The lowest BCUT2D eigenvalue weighted by Gasteiger charge is -2.27. The van der Waals surface area contributed by atoms with E-state index in [0.717, 1.165) is 50.3 Å². The van der Waals surface area contributed by atoms with E-state index < -0.39 is 0 Å². The van der Waals surface area contributed by atoms with Crippen molar-refractivity contribution < 1.29 is 5.11 Å². The second-order valence-electron chi connectivity index (χ2n) is 17.5. The van der Waals surface area contributed by atoms with Gasteiger partial charge in [-0.05, 0) is 99.0 Å². The number of hydrogen-bond acceptors (Lipinski definition) is 3. The molecule has 0 saturated heterocycles. The molecule has 6 rings (SSSR count). The van der Waals surface area contributed by atoms with E-state index in [0.29, 0.717) is 5.75 Å². The molecule has 0 atom stereocenters. The van der Waals surface area contributed by atoms with Gasteiger partial charge in [0, 0.05) is 39.3 Å². The highest BCUT2D eigenvalue weighted by Crippen LogP contribution is 2.43. The van der Waals surface area contributed by atoms with Crippen molar-refractivity contribution >= 4 is 21.9 Å². The molecule has 6 aromatic rings. The zero-order valence-corrected chi connectivity index (χ0v) is 30.9. The highest BCUT2D eigenvalue weighted by molar-refractivity contribution is 6.09. The van der Waals surface area contributed by atoms with Crippen LogP contribution in [0.5, 0.6) is 5.75 Å². The highest BCUT2D eigenvalue weighted by Gasteiger charge is 2.27. The second-order valence-corrected chi connectivity index (χ2v) is 17.5. The lowest BCUT2D eigenvalue weighted by Crippen LogP contribution is -2.17. The smallest absolute Gasteiger partial charge is 0.146 e. The molecule has 0 aliphatic heterocycles. The largest absolute Gasteiger partial charge is 0.507 e. The topological polar surface area (TPSA) is 50.9 Å². The van der Waals surface area contributed by atoms with Crippen LogP contribution in [0.25, 0.3) is 50.1 Å². The molecule has 0 fully saturated rings. The molecule has 0 unspecified atom stereocenters. The van der Waals surface area contributed by atoms with Gasteiger partial charge in [-0.15, -0.1) is 0 Å². The molecule has 1 N–H and O–H groups in total. The molecular weight excluding hydrogens is 587 g/mol. The number of phenols is 1. The first-order valence-corrected chi connectivity index (χ1v) is 17.1. The summed E-state index contributed by atoms with van der Waals surface area (Å²) in [4.78, 5) is 10.2. The van der Waals surface area contributed by atoms with E-state index in [2.05, 4.69) is 154 Å². The van der Waals surface area contributed by atoms with Gasteiger partial charge in [-0.3, -0.25) is 9.55 Å². The van der Waals surface area contributed by atoms with Crippen molar-refractivity contribution in [3.8, 4) is 34.0 Å².